The van der Waals surface area contributed by atoms with Crippen molar-refractivity contribution in [3.63, 3.8) is 0 Å². The Morgan fingerprint density at radius 1 is 0.333 bits per heavy atom. The summed E-state index contributed by atoms with van der Waals surface area (Å²) < 4.78 is 0. The fourth-order valence-electron chi connectivity index (χ4n) is 7.64. The second-order valence-electron chi connectivity index (χ2n) is 12.5. The predicted octanol–water partition coefficient (Wildman–Crippen LogP) is 10.1. The van der Waals surface area contributed by atoms with Crippen molar-refractivity contribution < 1.29 is 0 Å². The van der Waals surface area contributed by atoms with Crippen molar-refractivity contribution >= 4 is 50.9 Å². The molecule has 1 nitrogen and oxygen atoms in total. The Bertz CT molecular complexity index is 2290. The molecule has 224 valence electrons. The van der Waals surface area contributed by atoms with Gasteiger partial charge in [-0.3, -0.25) is 0 Å². The molecule has 0 N–H and O–H groups in total. The Kier molecular flexibility index (Phi) is 6.98. The lowest BCUT2D eigenvalue weighted by atomic mass is 9.33. The van der Waals surface area contributed by atoms with E-state index >= 15 is 0 Å². The van der Waals surface area contributed by atoms with Crippen LogP contribution in [0.5, 0.6) is 0 Å². The van der Waals surface area contributed by atoms with Crippen molar-refractivity contribution in [3.8, 4) is 33.4 Å². The first-order chi connectivity index (χ1) is 23.8. The zero-order valence-corrected chi connectivity index (χ0v) is 26.5. The molecule has 1 heterocycles. The van der Waals surface area contributed by atoms with E-state index in [1.165, 1.54) is 71.9 Å². The lowest BCUT2D eigenvalue weighted by Crippen LogP contribution is -2.58. The van der Waals surface area contributed by atoms with Crippen LogP contribution in [0.25, 0.3) is 44.2 Å². The van der Waals surface area contributed by atoms with Crippen LogP contribution in [0.15, 0.2) is 194 Å². The Morgan fingerprint density at radius 2 is 0.792 bits per heavy atom. The molecular formula is C46H32BN. The molecule has 0 aromatic heterocycles. The Hall–Kier alpha value is -6.12. The summed E-state index contributed by atoms with van der Waals surface area (Å²) in [6.07, 6.45) is 0. The topological polar surface area (TPSA) is 3.24 Å². The molecule has 8 aromatic carbocycles. The van der Waals surface area contributed by atoms with E-state index in [9.17, 15) is 0 Å². The van der Waals surface area contributed by atoms with Crippen molar-refractivity contribution in [2.75, 3.05) is 4.90 Å². The van der Waals surface area contributed by atoms with E-state index in [1.54, 1.807) is 0 Å². The number of nitrogens with zero attached hydrogens (tertiary/aromatic N) is 1. The van der Waals surface area contributed by atoms with Gasteiger partial charge in [0.15, 0.2) is 0 Å². The van der Waals surface area contributed by atoms with Gasteiger partial charge in [0.05, 0.1) is 0 Å². The van der Waals surface area contributed by atoms with Crippen molar-refractivity contribution in [1.29, 1.82) is 0 Å². The predicted molar refractivity (Wildman–Crippen MR) is 206 cm³/mol. The standard InChI is InChI=1S/C46H32BN/c1-3-15-34(16-4-1)40-23-14-24-41(35-17-5-2-6-18-35)46(40)47-42-25-9-11-27-44(42)48(45-28-12-10-26-43(45)47)37-31-29-36(30-32-37)39-22-13-20-33-19-7-8-21-38(33)39/h1-32H. The highest BCUT2D eigenvalue weighted by Gasteiger charge is 2.37. The van der Waals surface area contributed by atoms with Crippen molar-refractivity contribution in [1.82, 2.24) is 0 Å². The normalized spacial score (nSPS) is 12.1. The molecule has 0 fully saturated rings. The minimum absolute atomic E-state index is 0.0372. The first-order valence-corrected chi connectivity index (χ1v) is 16.6. The first-order valence-electron chi connectivity index (χ1n) is 16.6. The maximum Gasteiger partial charge on any atom is 0.248 e. The Morgan fingerprint density at radius 3 is 1.42 bits per heavy atom. The lowest BCUT2D eigenvalue weighted by Gasteiger charge is -2.38. The molecule has 0 saturated heterocycles. The van der Waals surface area contributed by atoms with Gasteiger partial charge in [-0.2, -0.15) is 0 Å². The van der Waals surface area contributed by atoms with Crippen LogP contribution >= 0.6 is 0 Å². The molecule has 0 spiro atoms. The van der Waals surface area contributed by atoms with Gasteiger partial charge in [-0.05, 0) is 79.3 Å². The lowest BCUT2D eigenvalue weighted by molar-refractivity contribution is 1.29. The van der Waals surface area contributed by atoms with Crippen molar-refractivity contribution in [3.05, 3.63) is 194 Å². The summed E-state index contributed by atoms with van der Waals surface area (Å²) in [5, 5.41) is 2.53. The molecule has 0 aliphatic carbocycles. The Labute approximate surface area is 282 Å². The summed E-state index contributed by atoms with van der Waals surface area (Å²) in [6.45, 7) is 0.0372. The van der Waals surface area contributed by atoms with Crippen LogP contribution in [0.2, 0.25) is 0 Å². The third-order valence-corrected chi connectivity index (χ3v) is 9.77. The summed E-state index contributed by atoms with van der Waals surface area (Å²) in [7, 11) is 0. The van der Waals surface area contributed by atoms with E-state index in [1.807, 2.05) is 0 Å². The highest BCUT2D eigenvalue weighted by molar-refractivity contribution is 6.99. The third-order valence-electron chi connectivity index (χ3n) is 9.77. The van der Waals surface area contributed by atoms with Crippen LogP contribution in [0.3, 0.4) is 0 Å². The summed E-state index contributed by atoms with van der Waals surface area (Å²) in [4.78, 5) is 2.45. The minimum atomic E-state index is 0.0372. The molecule has 8 aromatic rings. The first kappa shape index (κ1) is 28.1. The van der Waals surface area contributed by atoms with Crippen LogP contribution in [0, 0.1) is 0 Å². The van der Waals surface area contributed by atoms with Crippen LogP contribution in [0.4, 0.5) is 17.1 Å². The largest absolute Gasteiger partial charge is 0.312 e. The van der Waals surface area contributed by atoms with Crippen LogP contribution in [-0.4, -0.2) is 6.71 Å². The fourth-order valence-corrected chi connectivity index (χ4v) is 7.64. The molecular weight excluding hydrogens is 577 g/mol. The number of anilines is 3. The average Bonchev–Trinajstić information content (AvgIpc) is 3.17. The van der Waals surface area contributed by atoms with E-state index in [-0.39, 0.29) is 6.71 Å². The van der Waals surface area contributed by atoms with Gasteiger partial charge < -0.3 is 4.90 Å². The summed E-state index contributed by atoms with van der Waals surface area (Å²) in [6, 6.07) is 70.7. The van der Waals surface area contributed by atoms with E-state index in [2.05, 4.69) is 199 Å². The molecule has 0 amide bonds. The van der Waals surface area contributed by atoms with Gasteiger partial charge in [0.2, 0.25) is 6.71 Å². The molecule has 0 unspecified atom stereocenters. The van der Waals surface area contributed by atoms with E-state index in [4.69, 9.17) is 0 Å². The van der Waals surface area contributed by atoms with Gasteiger partial charge >= 0.3 is 0 Å². The highest BCUT2D eigenvalue weighted by Crippen LogP contribution is 2.38. The van der Waals surface area contributed by atoms with Gasteiger partial charge in [0.25, 0.3) is 0 Å². The molecule has 0 saturated carbocycles. The maximum atomic E-state index is 2.45. The van der Waals surface area contributed by atoms with Gasteiger partial charge in [0, 0.05) is 17.1 Å². The number of hydrogen-bond acceptors (Lipinski definition) is 1. The highest BCUT2D eigenvalue weighted by atomic mass is 15.1. The molecule has 2 heteroatoms. The van der Waals surface area contributed by atoms with E-state index in [0.717, 1.165) is 5.69 Å². The fraction of sp³-hybridized carbons (Fsp3) is 0. The molecule has 1 aliphatic heterocycles. The van der Waals surface area contributed by atoms with Gasteiger partial charge in [0.1, 0.15) is 0 Å². The molecule has 0 radical (unpaired) electrons. The smallest absolute Gasteiger partial charge is 0.248 e. The monoisotopic (exact) mass is 609 g/mol. The molecule has 9 rings (SSSR count). The van der Waals surface area contributed by atoms with Crippen molar-refractivity contribution in [2.45, 2.75) is 0 Å². The minimum Gasteiger partial charge on any atom is -0.312 e. The average molecular weight is 610 g/mol. The van der Waals surface area contributed by atoms with Gasteiger partial charge in [-0.15, -0.1) is 0 Å². The number of fused-ring (bicyclic) bond motifs is 3. The summed E-state index contributed by atoms with van der Waals surface area (Å²) in [5.74, 6) is 0. The molecule has 0 bridgehead atoms. The number of benzene rings is 8. The SMILES string of the molecule is c1ccc(-c2cccc(-c3ccccc3)c2B2c3ccccc3N(c3ccc(-c4cccc5ccccc45)cc3)c3ccccc32)cc1. The van der Waals surface area contributed by atoms with Crippen LogP contribution in [0.1, 0.15) is 0 Å². The number of hydrogen-bond donors (Lipinski definition) is 0. The zero-order chi connectivity index (χ0) is 31.9. The van der Waals surface area contributed by atoms with E-state index in [0.29, 0.717) is 0 Å². The summed E-state index contributed by atoms with van der Waals surface area (Å²) >= 11 is 0. The van der Waals surface area contributed by atoms with Gasteiger partial charge in [-0.1, -0.05) is 175 Å². The second-order valence-corrected chi connectivity index (χ2v) is 12.5. The second kappa shape index (κ2) is 11.9. The number of rotatable bonds is 5. The molecule has 1 aliphatic rings. The van der Waals surface area contributed by atoms with Crippen LogP contribution < -0.4 is 21.3 Å². The van der Waals surface area contributed by atoms with Crippen LogP contribution in [-0.2, 0) is 0 Å². The molecule has 48 heavy (non-hydrogen) atoms. The molecule has 0 atom stereocenters. The van der Waals surface area contributed by atoms with E-state index < -0.39 is 0 Å². The summed E-state index contributed by atoms with van der Waals surface area (Å²) in [5.41, 5.74) is 15.0. The third kappa shape index (κ3) is 4.73. The van der Waals surface area contributed by atoms with Crippen molar-refractivity contribution in [2.24, 2.45) is 0 Å². The number of para-hydroxylation sites is 2. The quantitative estimate of drug-likeness (QED) is 0.176. The van der Waals surface area contributed by atoms with Gasteiger partial charge in [-0.25, -0.2) is 0 Å². The maximum absolute atomic E-state index is 2.45. The zero-order valence-electron chi connectivity index (χ0n) is 26.5. The Balaban J connectivity index is 1.24.